The number of aliphatic carboxylic acids is 1. The van der Waals surface area contributed by atoms with Crippen molar-refractivity contribution in [3.63, 3.8) is 0 Å². The topological polar surface area (TPSA) is 61.4 Å². The lowest BCUT2D eigenvalue weighted by molar-refractivity contribution is -0.136. The number of carboxylic acid groups (broad SMARTS) is 1. The fourth-order valence-corrected chi connectivity index (χ4v) is 0.676. The first-order chi connectivity index (χ1) is 4.29. The molecule has 50 valence electrons. The van der Waals surface area contributed by atoms with Gasteiger partial charge < -0.3 is 10.5 Å². The lowest BCUT2D eigenvalue weighted by Gasteiger charge is -1.91. The monoisotopic (exact) mass is 128 g/mol. The molecule has 4 nitrogen and oxygen atoms in total. The van der Waals surface area contributed by atoms with E-state index in [1.165, 1.54) is 0 Å². The third kappa shape index (κ3) is 1.73. The van der Waals surface area contributed by atoms with Gasteiger partial charge in [0.05, 0.1) is 6.42 Å². The zero-order valence-electron chi connectivity index (χ0n) is 4.85. The normalized spacial score (nSPS) is 16.7. The summed E-state index contributed by atoms with van der Waals surface area (Å²) < 4.78 is 0. The van der Waals surface area contributed by atoms with Gasteiger partial charge in [-0.1, -0.05) is 0 Å². The van der Waals surface area contributed by atoms with Crippen LogP contribution in [0.25, 0.3) is 0 Å². The van der Waals surface area contributed by atoms with Crippen LogP contribution in [0.5, 0.6) is 0 Å². The van der Waals surface area contributed by atoms with Crippen LogP contribution in [-0.4, -0.2) is 17.6 Å². The quantitative estimate of drug-likeness (QED) is 0.467. The van der Waals surface area contributed by atoms with E-state index in [2.05, 4.69) is 10.9 Å². The Labute approximate surface area is 52.5 Å². The lowest BCUT2D eigenvalue weighted by Crippen LogP contribution is -2.20. The number of rotatable bonds is 2. The predicted molar refractivity (Wildman–Crippen MR) is 31.5 cm³/mol. The van der Waals surface area contributed by atoms with Crippen LogP contribution in [0.1, 0.15) is 6.42 Å². The highest BCUT2D eigenvalue weighted by atomic mass is 16.4. The molecule has 1 aliphatic rings. The number of carbonyl (C=O) groups is 1. The van der Waals surface area contributed by atoms with E-state index < -0.39 is 5.97 Å². The summed E-state index contributed by atoms with van der Waals surface area (Å²) in [5.74, 6) is -0.785. The van der Waals surface area contributed by atoms with E-state index in [1.54, 1.807) is 6.20 Å². The number of hydrogen-bond donors (Lipinski definition) is 3. The summed E-state index contributed by atoms with van der Waals surface area (Å²) in [5.41, 5.74) is 6.35. The number of hydrazine groups is 1. The van der Waals surface area contributed by atoms with Gasteiger partial charge in [-0.05, 0) is 5.57 Å². The van der Waals surface area contributed by atoms with Gasteiger partial charge in [0.15, 0.2) is 0 Å². The molecule has 0 fully saturated rings. The maximum atomic E-state index is 10.1. The van der Waals surface area contributed by atoms with Crippen LogP contribution >= 0.6 is 0 Å². The van der Waals surface area contributed by atoms with Crippen LogP contribution < -0.4 is 10.9 Å². The highest BCUT2D eigenvalue weighted by molar-refractivity contribution is 5.70. The molecule has 9 heavy (non-hydrogen) atoms. The van der Waals surface area contributed by atoms with Crippen molar-refractivity contribution >= 4 is 5.97 Å². The molecule has 0 aromatic rings. The molecular formula is C5H8N2O2. The molecule has 4 heteroatoms. The van der Waals surface area contributed by atoms with Crippen molar-refractivity contribution in [3.8, 4) is 0 Å². The Kier molecular flexibility index (Phi) is 1.69. The molecule has 1 heterocycles. The van der Waals surface area contributed by atoms with Gasteiger partial charge >= 0.3 is 5.97 Å². The summed E-state index contributed by atoms with van der Waals surface area (Å²) in [6, 6.07) is 0. The number of nitrogens with one attached hydrogen (secondary N) is 2. The van der Waals surface area contributed by atoms with Crippen LogP contribution in [0.4, 0.5) is 0 Å². The largest absolute Gasteiger partial charge is 0.481 e. The molecule has 0 bridgehead atoms. The Morgan fingerprint density at radius 1 is 1.89 bits per heavy atom. The van der Waals surface area contributed by atoms with E-state index in [4.69, 9.17) is 5.11 Å². The Morgan fingerprint density at radius 3 is 3.11 bits per heavy atom. The van der Waals surface area contributed by atoms with E-state index >= 15 is 0 Å². The minimum atomic E-state index is -0.785. The van der Waals surface area contributed by atoms with E-state index in [0.29, 0.717) is 6.54 Å². The molecule has 0 unspecified atom stereocenters. The van der Waals surface area contributed by atoms with Crippen molar-refractivity contribution in [2.45, 2.75) is 6.42 Å². The van der Waals surface area contributed by atoms with Crippen LogP contribution in [0.15, 0.2) is 11.8 Å². The van der Waals surface area contributed by atoms with Crippen molar-refractivity contribution in [2.24, 2.45) is 0 Å². The average molecular weight is 128 g/mol. The van der Waals surface area contributed by atoms with Crippen molar-refractivity contribution in [1.82, 2.24) is 10.9 Å². The van der Waals surface area contributed by atoms with E-state index in [1.807, 2.05) is 0 Å². The van der Waals surface area contributed by atoms with Crippen LogP contribution in [0.2, 0.25) is 0 Å². The predicted octanol–water partition coefficient (Wildman–Crippen LogP) is -0.547. The van der Waals surface area contributed by atoms with Gasteiger partial charge in [-0.2, -0.15) is 0 Å². The maximum Gasteiger partial charge on any atom is 0.307 e. The molecule has 0 amide bonds. The summed E-state index contributed by atoms with van der Waals surface area (Å²) in [4.78, 5) is 10.1. The average Bonchev–Trinajstić information content (AvgIpc) is 2.15. The molecule has 1 rings (SSSR count). The molecular weight excluding hydrogens is 120 g/mol. The van der Waals surface area contributed by atoms with Gasteiger partial charge in [0.25, 0.3) is 0 Å². The number of hydrogen-bond acceptors (Lipinski definition) is 3. The second kappa shape index (κ2) is 2.50. The van der Waals surface area contributed by atoms with Crippen LogP contribution in [0.3, 0.4) is 0 Å². The standard InChI is InChI=1S/C5H8N2O2/c8-5(9)1-4-2-6-7-3-4/h2,6-7H,1,3H2,(H,8,9). The summed E-state index contributed by atoms with van der Waals surface area (Å²) in [6.07, 6.45) is 1.80. The SMILES string of the molecule is O=C(O)CC1=CNNC1. The molecule has 0 aromatic carbocycles. The maximum absolute atomic E-state index is 10.1. The highest BCUT2D eigenvalue weighted by Gasteiger charge is 2.06. The molecule has 3 N–H and O–H groups in total. The molecule has 0 spiro atoms. The molecule has 0 atom stereocenters. The third-order valence-corrected chi connectivity index (χ3v) is 1.07. The number of carboxylic acids is 1. The van der Waals surface area contributed by atoms with Crippen molar-refractivity contribution in [3.05, 3.63) is 11.8 Å². The summed E-state index contributed by atoms with van der Waals surface area (Å²) in [6.45, 7) is 0.631. The first-order valence-electron chi connectivity index (χ1n) is 2.67. The third-order valence-electron chi connectivity index (χ3n) is 1.07. The second-order valence-corrected chi connectivity index (χ2v) is 1.87. The zero-order valence-corrected chi connectivity index (χ0v) is 4.85. The summed E-state index contributed by atoms with van der Waals surface area (Å²) in [7, 11) is 0. The highest BCUT2D eigenvalue weighted by Crippen LogP contribution is 2.00. The van der Waals surface area contributed by atoms with Crippen molar-refractivity contribution in [1.29, 1.82) is 0 Å². The Balaban J connectivity index is 2.35. The van der Waals surface area contributed by atoms with E-state index in [0.717, 1.165) is 5.57 Å². The van der Waals surface area contributed by atoms with Crippen molar-refractivity contribution in [2.75, 3.05) is 6.54 Å². The smallest absolute Gasteiger partial charge is 0.307 e. The fourth-order valence-electron chi connectivity index (χ4n) is 0.676. The zero-order chi connectivity index (χ0) is 6.69. The van der Waals surface area contributed by atoms with Crippen molar-refractivity contribution < 1.29 is 9.90 Å². The molecule has 0 aliphatic carbocycles. The van der Waals surface area contributed by atoms with Crippen LogP contribution in [0, 0.1) is 0 Å². The Morgan fingerprint density at radius 2 is 2.67 bits per heavy atom. The van der Waals surface area contributed by atoms with Gasteiger partial charge in [-0.25, -0.2) is 5.43 Å². The molecule has 1 aliphatic heterocycles. The Bertz CT molecular complexity index is 153. The summed E-state index contributed by atoms with van der Waals surface area (Å²) in [5, 5.41) is 8.28. The van der Waals surface area contributed by atoms with E-state index in [9.17, 15) is 4.79 Å². The van der Waals surface area contributed by atoms with Gasteiger partial charge in [0.1, 0.15) is 0 Å². The molecule has 0 saturated heterocycles. The fraction of sp³-hybridized carbons (Fsp3) is 0.400. The van der Waals surface area contributed by atoms with Gasteiger partial charge in [0.2, 0.25) is 0 Å². The Hall–Kier alpha value is -1.03. The van der Waals surface area contributed by atoms with Crippen LogP contribution in [-0.2, 0) is 4.79 Å². The minimum Gasteiger partial charge on any atom is -0.481 e. The minimum absolute atomic E-state index is 0.125. The molecule has 0 aromatic heterocycles. The van der Waals surface area contributed by atoms with Gasteiger partial charge in [-0.15, -0.1) is 0 Å². The van der Waals surface area contributed by atoms with Gasteiger partial charge in [0, 0.05) is 12.7 Å². The molecule has 0 saturated carbocycles. The first kappa shape index (κ1) is 6.10. The van der Waals surface area contributed by atoms with E-state index in [-0.39, 0.29) is 6.42 Å². The first-order valence-corrected chi connectivity index (χ1v) is 2.67. The summed E-state index contributed by atoms with van der Waals surface area (Å²) >= 11 is 0. The molecule has 0 radical (unpaired) electrons. The second-order valence-electron chi connectivity index (χ2n) is 1.87. The lowest BCUT2D eigenvalue weighted by atomic mass is 10.2. The van der Waals surface area contributed by atoms with Gasteiger partial charge in [-0.3, -0.25) is 4.79 Å².